The molecule has 1 N–H and O–H groups in total. The van der Waals surface area contributed by atoms with Gasteiger partial charge in [0.15, 0.2) is 0 Å². The number of hydrogen-bond acceptors (Lipinski definition) is 3. The lowest BCUT2D eigenvalue weighted by molar-refractivity contribution is -0.137. The smallest absolute Gasteiger partial charge is 0.305 e. The van der Waals surface area contributed by atoms with Gasteiger partial charge in [-0.3, -0.25) is 9.59 Å². The van der Waals surface area contributed by atoms with Gasteiger partial charge >= 0.3 is 5.97 Å². The Morgan fingerprint density at radius 2 is 1.85 bits per heavy atom. The van der Waals surface area contributed by atoms with Crippen molar-refractivity contribution in [1.29, 1.82) is 0 Å². The van der Waals surface area contributed by atoms with Crippen molar-refractivity contribution in [2.45, 2.75) is 38.3 Å². The van der Waals surface area contributed by atoms with Crippen LogP contribution in [0.5, 0.6) is 5.75 Å². The predicted molar refractivity (Wildman–Crippen MR) is 135 cm³/mol. The van der Waals surface area contributed by atoms with E-state index in [1.165, 1.54) is 0 Å². The third-order valence-corrected chi connectivity index (χ3v) is 6.61. The fourth-order valence-corrected chi connectivity index (χ4v) is 4.88. The highest BCUT2D eigenvalue weighted by molar-refractivity contribution is 9.10. The number of carbonyl (C=O) groups is 2. The van der Waals surface area contributed by atoms with E-state index < -0.39 is 11.6 Å². The van der Waals surface area contributed by atoms with Gasteiger partial charge in [-0.25, -0.2) is 0 Å². The average molecular weight is 543 g/mol. The first-order chi connectivity index (χ1) is 16.2. The van der Waals surface area contributed by atoms with Gasteiger partial charge in [0.05, 0.1) is 6.42 Å². The van der Waals surface area contributed by atoms with Crippen molar-refractivity contribution in [3.05, 3.63) is 98.5 Å². The zero-order chi connectivity index (χ0) is 24.3. The minimum atomic E-state index is -0.938. The highest BCUT2D eigenvalue weighted by Gasteiger charge is 2.35. The molecule has 1 heterocycles. The quantitative estimate of drug-likeness (QED) is 0.370. The second kappa shape index (κ2) is 10.2. The molecule has 34 heavy (non-hydrogen) atoms. The summed E-state index contributed by atoms with van der Waals surface area (Å²) in [6, 6.07) is 20.9. The molecule has 0 aliphatic carbocycles. The maximum absolute atomic E-state index is 13.4. The van der Waals surface area contributed by atoms with Crippen LogP contribution in [0.4, 0.5) is 0 Å². The number of ether oxygens (including phenoxy) is 1. The summed E-state index contributed by atoms with van der Waals surface area (Å²) in [6.45, 7) is 2.52. The Bertz CT molecular complexity index is 1210. The van der Waals surface area contributed by atoms with Gasteiger partial charge in [0, 0.05) is 41.0 Å². The van der Waals surface area contributed by atoms with Crippen molar-refractivity contribution < 1.29 is 19.4 Å². The molecule has 3 aromatic rings. The summed E-state index contributed by atoms with van der Waals surface area (Å²) >= 11 is 9.45. The maximum atomic E-state index is 13.4. The van der Waals surface area contributed by atoms with Crippen LogP contribution < -0.4 is 4.74 Å². The van der Waals surface area contributed by atoms with Gasteiger partial charge in [-0.05, 0) is 66.1 Å². The largest absolute Gasteiger partial charge is 0.487 e. The molecule has 0 spiro atoms. The molecule has 1 aliphatic rings. The van der Waals surface area contributed by atoms with Crippen molar-refractivity contribution in [3.63, 3.8) is 0 Å². The summed E-state index contributed by atoms with van der Waals surface area (Å²) < 4.78 is 7.18. The van der Waals surface area contributed by atoms with E-state index in [0.717, 1.165) is 33.3 Å². The summed E-state index contributed by atoms with van der Waals surface area (Å²) in [5, 5.41) is 9.87. The predicted octanol–water partition coefficient (Wildman–Crippen LogP) is 6.16. The molecular weight excluding hydrogens is 518 g/mol. The summed E-state index contributed by atoms with van der Waals surface area (Å²) in [5.74, 6) is -0.361. The highest BCUT2D eigenvalue weighted by atomic mass is 79.9. The number of benzene rings is 3. The molecular formula is C27H25BrClNO4. The Morgan fingerprint density at radius 3 is 2.56 bits per heavy atom. The van der Waals surface area contributed by atoms with Crippen LogP contribution in [0.25, 0.3) is 0 Å². The molecule has 1 aliphatic heterocycles. The van der Waals surface area contributed by atoms with E-state index in [-0.39, 0.29) is 18.9 Å². The number of nitrogens with zero attached hydrogens (tertiary/aromatic N) is 1. The van der Waals surface area contributed by atoms with Gasteiger partial charge in [0.2, 0.25) is 0 Å². The zero-order valence-electron chi connectivity index (χ0n) is 18.8. The topological polar surface area (TPSA) is 66.8 Å². The van der Waals surface area contributed by atoms with Crippen molar-refractivity contribution in [2.24, 2.45) is 0 Å². The lowest BCUT2D eigenvalue weighted by Gasteiger charge is -2.24. The number of carboxylic acids is 1. The van der Waals surface area contributed by atoms with Crippen molar-refractivity contribution in [1.82, 2.24) is 4.90 Å². The molecule has 7 heteroatoms. The van der Waals surface area contributed by atoms with E-state index >= 15 is 0 Å². The summed E-state index contributed by atoms with van der Waals surface area (Å²) in [7, 11) is 0. The molecule has 4 rings (SSSR count). The van der Waals surface area contributed by atoms with Crippen molar-refractivity contribution in [3.8, 4) is 5.75 Å². The minimum Gasteiger partial charge on any atom is -0.487 e. The van der Waals surface area contributed by atoms with Gasteiger partial charge in [-0.15, -0.1) is 0 Å². The van der Waals surface area contributed by atoms with Crippen LogP contribution in [0.1, 0.15) is 40.4 Å². The van der Waals surface area contributed by atoms with Crippen LogP contribution in [0, 0.1) is 0 Å². The van der Waals surface area contributed by atoms with Crippen LogP contribution in [0.2, 0.25) is 5.02 Å². The molecule has 0 saturated heterocycles. The van der Waals surface area contributed by atoms with E-state index in [1.807, 2.05) is 60.7 Å². The number of carbonyl (C=O) groups excluding carboxylic acids is 1. The first-order valence-electron chi connectivity index (χ1n) is 11.0. The maximum Gasteiger partial charge on any atom is 0.305 e. The van der Waals surface area contributed by atoms with E-state index in [2.05, 4.69) is 22.9 Å². The normalized spacial score (nSPS) is 16.6. The SMILES string of the molecule is CC1(Cc2ccc(Cl)cc2)Cc2cc(C(=O)N(CCC(=O)O)Cc3cccc(Br)c3)ccc2O1. The second-order valence-electron chi connectivity index (χ2n) is 8.85. The Labute approximate surface area is 212 Å². The Hall–Kier alpha value is -2.83. The third kappa shape index (κ3) is 5.99. The van der Waals surface area contributed by atoms with Gasteiger partial charge in [-0.1, -0.05) is 51.8 Å². The van der Waals surface area contributed by atoms with Crippen molar-refractivity contribution >= 4 is 39.4 Å². The monoisotopic (exact) mass is 541 g/mol. The molecule has 5 nitrogen and oxygen atoms in total. The molecule has 0 saturated carbocycles. The lowest BCUT2D eigenvalue weighted by atomic mass is 9.91. The number of fused-ring (bicyclic) bond motifs is 1. The number of hydrogen-bond donors (Lipinski definition) is 1. The number of carboxylic acid groups (broad SMARTS) is 1. The van der Waals surface area contributed by atoms with Crippen LogP contribution in [-0.4, -0.2) is 34.0 Å². The lowest BCUT2D eigenvalue weighted by Crippen LogP contribution is -2.33. The highest BCUT2D eigenvalue weighted by Crippen LogP contribution is 2.38. The average Bonchev–Trinajstić information content (AvgIpc) is 3.12. The fourth-order valence-electron chi connectivity index (χ4n) is 4.31. The van der Waals surface area contributed by atoms with Gasteiger partial charge in [0.1, 0.15) is 11.4 Å². The number of halogens is 2. The number of amides is 1. The Balaban J connectivity index is 1.52. The molecule has 1 unspecified atom stereocenters. The zero-order valence-corrected chi connectivity index (χ0v) is 21.1. The first-order valence-corrected chi connectivity index (χ1v) is 12.2. The number of rotatable bonds is 8. The van der Waals surface area contributed by atoms with Gasteiger partial charge < -0.3 is 14.7 Å². The summed E-state index contributed by atoms with van der Waals surface area (Å²) in [5.41, 5.74) is 3.14. The van der Waals surface area contributed by atoms with Crippen LogP contribution >= 0.6 is 27.5 Å². The molecule has 0 fully saturated rings. The third-order valence-electron chi connectivity index (χ3n) is 5.86. The number of aliphatic carboxylic acids is 1. The first kappa shape index (κ1) is 24.3. The Kier molecular flexibility index (Phi) is 7.29. The summed E-state index contributed by atoms with van der Waals surface area (Å²) in [6.07, 6.45) is 1.27. The molecule has 0 radical (unpaired) electrons. The molecule has 1 atom stereocenters. The summed E-state index contributed by atoms with van der Waals surface area (Å²) in [4.78, 5) is 26.2. The van der Waals surface area contributed by atoms with E-state index in [1.54, 1.807) is 11.0 Å². The fraction of sp³-hybridized carbons (Fsp3) is 0.259. The van der Waals surface area contributed by atoms with E-state index in [0.29, 0.717) is 23.6 Å². The molecule has 176 valence electrons. The van der Waals surface area contributed by atoms with Crippen LogP contribution in [-0.2, 0) is 24.2 Å². The van der Waals surface area contributed by atoms with Crippen LogP contribution in [0.3, 0.4) is 0 Å². The van der Waals surface area contributed by atoms with Gasteiger partial charge in [0.25, 0.3) is 5.91 Å². The van der Waals surface area contributed by atoms with E-state index in [4.69, 9.17) is 16.3 Å². The molecule has 3 aromatic carbocycles. The van der Waals surface area contributed by atoms with Gasteiger partial charge in [-0.2, -0.15) is 0 Å². The standard InChI is InChI=1S/C27H25BrClNO4/c1-27(15-18-5-8-23(29)9-6-18)16-21-14-20(7-10-24(21)34-27)26(33)30(12-11-25(31)32)17-19-3-2-4-22(28)13-19/h2-10,13-14H,11-12,15-17H2,1H3,(H,31,32). The second-order valence-corrected chi connectivity index (χ2v) is 10.2. The Morgan fingerprint density at radius 1 is 1.09 bits per heavy atom. The molecule has 0 aromatic heterocycles. The molecule has 1 amide bonds. The van der Waals surface area contributed by atoms with Crippen LogP contribution in [0.15, 0.2) is 71.2 Å². The minimum absolute atomic E-state index is 0.118. The van der Waals surface area contributed by atoms with Crippen molar-refractivity contribution in [2.75, 3.05) is 6.54 Å². The van der Waals surface area contributed by atoms with E-state index in [9.17, 15) is 14.7 Å². The molecule has 0 bridgehead atoms.